The van der Waals surface area contributed by atoms with Crippen LogP contribution in [0.4, 0.5) is 11.4 Å². The van der Waals surface area contributed by atoms with Crippen LogP contribution in [0.25, 0.3) is 0 Å². The molecule has 1 fully saturated rings. The van der Waals surface area contributed by atoms with Crippen molar-refractivity contribution in [3.05, 3.63) is 47.0 Å². The minimum Gasteiger partial charge on any atom is -0.487 e. The van der Waals surface area contributed by atoms with Crippen molar-refractivity contribution in [2.75, 3.05) is 49.0 Å². The monoisotopic (exact) mass is 495 g/mol. The van der Waals surface area contributed by atoms with Gasteiger partial charge < -0.3 is 19.5 Å². The van der Waals surface area contributed by atoms with E-state index in [0.717, 1.165) is 42.5 Å². The van der Waals surface area contributed by atoms with E-state index in [0.29, 0.717) is 30.2 Å². The lowest BCUT2D eigenvalue weighted by Crippen LogP contribution is -2.49. The van der Waals surface area contributed by atoms with E-state index in [-0.39, 0.29) is 6.61 Å². The van der Waals surface area contributed by atoms with E-state index in [1.807, 2.05) is 32.0 Å². The Morgan fingerprint density at radius 3 is 2.70 bits per heavy atom. The molecule has 2 heterocycles. The van der Waals surface area contributed by atoms with Gasteiger partial charge in [-0.05, 0) is 38.1 Å². The van der Waals surface area contributed by atoms with Crippen molar-refractivity contribution in [3.63, 3.8) is 0 Å². The van der Waals surface area contributed by atoms with Crippen molar-refractivity contribution in [1.82, 2.24) is 4.90 Å². The molecule has 180 valence electrons. The van der Waals surface area contributed by atoms with Crippen LogP contribution in [0.3, 0.4) is 0 Å². The first-order valence-corrected chi connectivity index (χ1v) is 12.4. The van der Waals surface area contributed by atoms with Gasteiger partial charge in [-0.2, -0.15) is 0 Å². The number of rotatable bonds is 8. The summed E-state index contributed by atoms with van der Waals surface area (Å²) in [5, 5.41) is 11.3. The maximum Gasteiger partial charge on any atom is 0.259 e. The average molecular weight is 496 g/mol. The van der Waals surface area contributed by atoms with E-state index in [1.165, 1.54) is 0 Å². The van der Waals surface area contributed by atoms with Gasteiger partial charge in [-0.1, -0.05) is 17.7 Å². The van der Waals surface area contributed by atoms with Crippen molar-refractivity contribution < 1.29 is 23.3 Å². The van der Waals surface area contributed by atoms with Gasteiger partial charge in [0.15, 0.2) is 11.5 Å². The number of halogens is 1. The highest BCUT2D eigenvalue weighted by molar-refractivity contribution is 7.80. The summed E-state index contributed by atoms with van der Waals surface area (Å²) in [5.74, 6) is 1.08. The standard InChI is InChI=1S/C23H30ClN3O5S/c1-23(2)13-16-10-18(25-33(29)30)12-21(22(16)32-23)31-15-20(28)14-26-6-8-27(9-7-26)19-5-3-4-17(24)11-19/h3-5,10-12,20,25,28H,6-9,13-15H2,1-2H3,(H,29,30). The second-order valence-corrected chi connectivity index (χ2v) is 10.2. The van der Waals surface area contributed by atoms with Gasteiger partial charge in [0, 0.05) is 61.5 Å². The van der Waals surface area contributed by atoms with Crippen LogP contribution in [-0.4, -0.2) is 69.8 Å². The molecule has 0 amide bonds. The molecule has 0 aliphatic carbocycles. The third-order valence-electron chi connectivity index (χ3n) is 5.78. The Labute approximate surface area is 201 Å². The second-order valence-electron chi connectivity index (χ2n) is 9.08. The Hall–Kier alpha value is -2.04. The number of ether oxygens (including phenoxy) is 2. The number of aliphatic hydroxyl groups is 1. The molecule has 2 unspecified atom stereocenters. The lowest BCUT2D eigenvalue weighted by Gasteiger charge is -2.37. The summed E-state index contributed by atoms with van der Waals surface area (Å²) in [4.78, 5) is 4.50. The zero-order chi connectivity index (χ0) is 23.6. The minimum atomic E-state index is -2.19. The van der Waals surface area contributed by atoms with E-state index in [1.54, 1.807) is 12.1 Å². The molecule has 4 rings (SSSR count). The lowest BCUT2D eigenvalue weighted by atomic mass is 10.0. The molecule has 0 aromatic heterocycles. The first-order valence-electron chi connectivity index (χ1n) is 11.0. The van der Waals surface area contributed by atoms with Gasteiger partial charge in [-0.15, -0.1) is 0 Å². The highest BCUT2D eigenvalue weighted by Gasteiger charge is 2.33. The quantitative estimate of drug-likeness (QED) is 0.484. The van der Waals surface area contributed by atoms with Crippen LogP contribution in [0.15, 0.2) is 36.4 Å². The molecule has 1 saturated heterocycles. The molecular formula is C23H30ClN3O5S. The summed E-state index contributed by atoms with van der Waals surface area (Å²) < 4.78 is 34.8. The zero-order valence-electron chi connectivity index (χ0n) is 18.8. The van der Waals surface area contributed by atoms with E-state index in [9.17, 15) is 13.9 Å². The number of nitrogens with one attached hydrogen (secondary N) is 1. The molecule has 2 atom stereocenters. The molecule has 0 saturated carbocycles. The predicted octanol–water partition coefficient (Wildman–Crippen LogP) is 3.16. The number of β-amino-alcohol motifs (C(OH)–C–C–N with tert-alkyl or cyclic N) is 1. The summed E-state index contributed by atoms with van der Waals surface area (Å²) in [6.45, 7) is 7.92. The average Bonchev–Trinajstić information content (AvgIpc) is 3.06. The molecule has 33 heavy (non-hydrogen) atoms. The summed E-state index contributed by atoms with van der Waals surface area (Å²) in [7, 11) is 0. The second kappa shape index (κ2) is 10.1. The van der Waals surface area contributed by atoms with Crippen LogP contribution < -0.4 is 19.1 Å². The molecule has 2 aliphatic heterocycles. The summed E-state index contributed by atoms with van der Waals surface area (Å²) >= 11 is 3.92. The third-order valence-corrected chi connectivity index (χ3v) is 6.42. The Morgan fingerprint density at radius 2 is 2.00 bits per heavy atom. The summed E-state index contributed by atoms with van der Waals surface area (Å²) in [6.07, 6.45) is -0.0254. The molecule has 0 bridgehead atoms. The number of hydrogen-bond donors (Lipinski definition) is 3. The number of piperazine rings is 1. The zero-order valence-corrected chi connectivity index (χ0v) is 20.4. The van der Waals surface area contributed by atoms with Crippen molar-refractivity contribution >= 4 is 34.2 Å². The highest BCUT2D eigenvalue weighted by atomic mass is 35.5. The van der Waals surface area contributed by atoms with E-state index >= 15 is 0 Å². The topological polar surface area (TPSA) is 94.5 Å². The summed E-state index contributed by atoms with van der Waals surface area (Å²) in [6, 6.07) is 11.3. The Bertz CT molecular complexity index is 1010. The maximum absolute atomic E-state index is 11.2. The molecule has 3 N–H and O–H groups in total. The SMILES string of the molecule is CC1(C)Cc2cc(NS(=O)O)cc(OCC(O)CN3CCN(c4cccc(Cl)c4)CC3)c2O1. The first-order chi connectivity index (χ1) is 15.7. The van der Waals surface area contributed by atoms with Crippen LogP contribution in [-0.2, 0) is 17.7 Å². The molecule has 0 spiro atoms. The molecule has 8 nitrogen and oxygen atoms in total. The van der Waals surface area contributed by atoms with Crippen LogP contribution in [0.2, 0.25) is 5.02 Å². The Kier molecular flexibility index (Phi) is 7.35. The molecule has 2 aliphatic rings. The summed E-state index contributed by atoms with van der Waals surface area (Å²) in [5.41, 5.74) is 2.09. The van der Waals surface area contributed by atoms with Gasteiger partial charge in [0.05, 0.1) is 5.69 Å². The first kappa shape index (κ1) is 24.1. The number of hydrogen-bond acceptors (Lipinski definition) is 6. The number of benzene rings is 2. The Balaban J connectivity index is 1.32. The van der Waals surface area contributed by atoms with Gasteiger partial charge >= 0.3 is 0 Å². The number of fused-ring (bicyclic) bond motifs is 1. The van der Waals surface area contributed by atoms with Gasteiger partial charge in [0.25, 0.3) is 11.3 Å². The number of nitrogens with zero attached hydrogens (tertiary/aromatic N) is 2. The van der Waals surface area contributed by atoms with E-state index in [2.05, 4.69) is 20.6 Å². The predicted molar refractivity (Wildman–Crippen MR) is 131 cm³/mol. The molecule has 2 aromatic rings. The van der Waals surface area contributed by atoms with Crippen LogP contribution in [0.1, 0.15) is 19.4 Å². The van der Waals surface area contributed by atoms with Gasteiger partial charge in [0.2, 0.25) is 0 Å². The van der Waals surface area contributed by atoms with Gasteiger partial charge in [-0.3, -0.25) is 14.2 Å². The van der Waals surface area contributed by atoms with E-state index < -0.39 is 23.0 Å². The van der Waals surface area contributed by atoms with Crippen LogP contribution >= 0.6 is 11.6 Å². The van der Waals surface area contributed by atoms with Crippen LogP contribution in [0, 0.1) is 0 Å². The normalized spacial score (nSPS) is 19.5. The van der Waals surface area contributed by atoms with Crippen molar-refractivity contribution in [1.29, 1.82) is 0 Å². The van der Waals surface area contributed by atoms with Gasteiger partial charge in [0.1, 0.15) is 18.3 Å². The number of anilines is 2. The molecule has 0 radical (unpaired) electrons. The number of aliphatic hydroxyl groups excluding tert-OH is 1. The minimum absolute atomic E-state index is 0.0937. The van der Waals surface area contributed by atoms with Crippen molar-refractivity contribution in [3.8, 4) is 11.5 Å². The fourth-order valence-electron chi connectivity index (χ4n) is 4.34. The fourth-order valence-corrected chi connectivity index (χ4v) is 4.85. The molecule has 2 aromatic carbocycles. The van der Waals surface area contributed by atoms with Crippen LogP contribution in [0.5, 0.6) is 11.5 Å². The molecular weight excluding hydrogens is 466 g/mol. The lowest BCUT2D eigenvalue weighted by molar-refractivity contribution is 0.0632. The highest BCUT2D eigenvalue weighted by Crippen LogP contribution is 2.44. The van der Waals surface area contributed by atoms with E-state index in [4.69, 9.17) is 21.1 Å². The molecule has 10 heteroatoms. The van der Waals surface area contributed by atoms with Crippen molar-refractivity contribution in [2.45, 2.75) is 32.0 Å². The smallest absolute Gasteiger partial charge is 0.259 e. The van der Waals surface area contributed by atoms with Crippen molar-refractivity contribution in [2.24, 2.45) is 0 Å². The third kappa shape index (κ3) is 6.30. The van der Waals surface area contributed by atoms with Gasteiger partial charge in [-0.25, -0.2) is 4.21 Å². The Morgan fingerprint density at radius 1 is 1.24 bits per heavy atom. The largest absolute Gasteiger partial charge is 0.487 e. The maximum atomic E-state index is 11.2. The fraction of sp³-hybridized carbons (Fsp3) is 0.478.